The molecule has 1 N–H and O–H groups in total. The highest BCUT2D eigenvalue weighted by Gasteiger charge is 2.09. The number of ether oxygens (including phenoxy) is 1. The molecule has 98 valence electrons. The van der Waals surface area contributed by atoms with Gasteiger partial charge in [0.25, 0.3) is 0 Å². The predicted octanol–water partition coefficient (Wildman–Crippen LogP) is 3.48. The maximum Gasteiger partial charge on any atom is 0.354 e. The molecular formula is C11H11Cl2FN2O2. The highest BCUT2D eigenvalue weighted by Crippen LogP contribution is 2.27. The largest absolute Gasteiger partial charge is 0.461 e. The van der Waals surface area contributed by atoms with Crippen LogP contribution < -0.4 is 5.43 Å². The van der Waals surface area contributed by atoms with E-state index in [9.17, 15) is 9.18 Å². The summed E-state index contributed by atoms with van der Waals surface area (Å²) in [6.45, 7) is 3.44. The first-order valence-corrected chi connectivity index (χ1v) is 5.83. The Kier molecular flexibility index (Phi) is 5.37. The number of carbonyl (C=O) groups excluding carboxylic acids is 1. The third-order valence-electron chi connectivity index (χ3n) is 1.91. The Labute approximate surface area is 114 Å². The number of hydrogen-bond donors (Lipinski definition) is 1. The molecule has 1 aromatic rings. The Hall–Kier alpha value is -1.33. The first kappa shape index (κ1) is 14.7. The first-order chi connectivity index (χ1) is 8.45. The van der Waals surface area contributed by atoms with Crippen molar-refractivity contribution in [1.29, 1.82) is 0 Å². The van der Waals surface area contributed by atoms with E-state index in [4.69, 9.17) is 27.9 Å². The lowest BCUT2D eigenvalue weighted by atomic mass is 10.3. The molecule has 0 spiro atoms. The van der Waals surface area contributed by atoms with Gasteiger partial charge in [-0.3, -0.25) is 5.43 Å². The smallest absolute Gasteiger partial charge is 0.354 e. The number of hydrazone groups is 1. The molecular weight excluding hydrogens is 282 g/mol. The van der Waals surface area contributed by atoms with Gasteiger partial charge in [0.05, 0.1) is 22.3 Å². The van der Waals surface area contributed by atoms with Gasteiger partial charge in [-0.25, -0.2) is 9.18 Å². The molecule has 0 fully saturated rings. The SMILES string of the molecule is CCOC(=O)/C(C)=N\Nc1cc(Cl)c(F)c(Cl)c1. The maximum atomic E-state index is 13.1. The van der Waals surface area contributed by atoms with Crippen LogP contribution in [0.25, 0.3) is 0 Å². The number of halogens is 3. The van der Waals surface area contributed by atoms with Crippen molar-refractivity contribution in [3.63, 3.8) is 0 Å². The van der Waals surface area contributed by atoms with Crippen LogP contribution in [0.15, 0.2) is 17.2 Å². The van der Waals surface area contributed by atoms with Crippen molar-refractivity contribution in [1.82, 2.24) is 0 Å². The summed E-state index contributed by atoms with van der Waals surface area (Å²) in [4.78, 5) is 11.2. The Morgan fingerprint density at radius 2 is 2.00 bits per heavy atom. The van der Waals surface area contributed by atoms with E-state index in [1.807, 2.05) is 0 Å². The average Bonchev–Trinajstić information content (AvgIpc) is 2.33. The van der Waals surface area contributed by atoms with Gasteiger partial charge in [-0.15, -0.1) is 0 Å². The van der Waals surface area contributed by atoms with Gasteiger partial charge >= 0.3 is 5.97 Å². The monoisotopic (exact) mass is 292 g/mol. The Morgan fingerprint density at radius 1 is 1.44 bits per heavy atom. The van der Waals surface area contributed by atoms with Crippen molar-refractivity contribution in [2.45, 2.75) is 13.8 Å². The Morgan fingerprint density at radius 3 is 2.50 bits per heavy atom. The van der Waals surface area contributed by atoms with E-state index in [0.717, 1.165) is 0 Å². The minimum atomic E-state index is -0.699. The van der Waals surface area contributed by atoms with Crippen LogP contribution in [0.3, 0.4) is 0 Å². The fourth-order valence-corrected chi connectivity index (χ4v) is 1.54. The third-order valence-corrected chi connectivity index (χ3v) is 2.46. The van der Waals surface area contributed by atoms with Crippen LogP contribution in [0.1, 0.15) is 13.8 Å². The van der Waals surface area contributed by atoms with Crippen LogP contribution in [0.2, 0.25) is 10.0 Å². The highest BCUT2D eigenvalue weighted by molar-refractivity contribution is 6.36. The molecule has 0 saturated carbocycles. The number of hydrogen-bond acceptors (Lipinski definition) is 4. The van der Waals surface area contributed by atoms with Crippen molar-refractivity contribution in [3.8, 4) is 0 Å². The van der Waals surface area contributed by atoms with Crippen LogP contribution in [-0.2, 0) is 9.53 Å². The molecule has 18 heavy (non-hydrogen) atoms. The molecule has 4 nitrogen and oxygen atoms in total. The molecule has 0 aliphatic carbocycles. The summed E-state index contributed by atoms with van der Waals surface area (Å²) in [6.07, 6.45) is 0. The van der Waals surface area contributed by atoms with Crippen molar-refractivity contribution < 1.29 is 13.9 Å². The van der Waals surface area contributed by atoms with Crippen molar-refractivity contribution in [2.24, 2.45) is 5.10 Å². The lowest BCUT2D eigenvalue weighted by Gasteiger charge is -2.05. The second-order valence-electron chi connectivity index (χ2n) is 3.28. The lowest BCUT2D eigenvalue weighted by Crippen LogP contribution is -2.15. The molecule has 0 atom stereocenters. The van der Waals surface area contributed by atoms with Crippen LogP contribution in [0, 0.1) is 5.82 Å². The summed E-state index contributed by atoms with van der Waals surface area (Å²) < 4.78 is 17.9. The second-order valence-corrected chi connectivity index (χ2v) is 4.10. The van der Waals surface area contributed by atoms with Gasteiger partial charge in [-0.05, 0) is 26.0 Å². The van der Waals surface area contributed by atoms with Crippen molar-refractivity contribution >= 4 is 40.6 Å². The van der Waals surface area contributed by atoms with Crippen molar-refractivity contribution in [3.05, 3.63) is 28.0 Å². The number of rotatable bonds is 4. The zero-order valence-corrected chi connectivity index (χ0v) is 11.3. The van der Waals surface area contributed by atoms with Crippen LogP contribution >= 0.6 is 23.2 Å². The molecule has 1 rings (SSSR count). The molecule has 0 aromatic heterocycles. The predicted molar refractivity (Wildman–Crippen MR) is 69.8 cm³/mol. The molecule has 0 saturated heterocycles. The molecule has 0 unspecified atom stereocenters. The summed E-state index contributed by atoms with van der Waals surface area (Å²) in [5.41, 5.74) is 3.05. The number of nitrogens with one attached hydrogen (secondary N) is 1. The van der Waals surface area contributed by atoms with Gasteiger partial charge < -0.3 is 4.74 Å². The van der Waals surface area contributed by atoms with Crippen LogP contribution in [-0.4, -0.2) is 18.3 Å². The van der Waals surface area contributed by atoms with E-state index in [1.54, 1.807) is 6.92 Å². The fourth-order valence-electron chi connectivity index (χ4n) is 1.05. The number of esters is 1. The van der Waals surface area contributed by atoms with E-state index < -0.39 is 11.8 Å². The molecule has 0 radical (unpaired) electrons. The molecule has 1 aromatic carbocycles. The minimum Gasteiger partial charge on any atom is -0.461 e. The van der Waals surface area contributed by atoms with Gasteiger partial charge in [0, 0.05) is 0 Å². The van der Waals surface area contributed by atoms with Crippen molar-refractivity contribution in [2.75, 3.05) is 12.0 Å². The summed E-state index contributed by atoms with van der Waals surface area (Å²) in [5, 5.41) is 3.52. The van der Waals surface area contributed by atoms with E-state index in [0.29, 0.717) is 5.69 Å². The third kappa shape index (κ3) is 3.85. The van der Waals surface area contributed by atoms with Crippen LogP contribution in [0.5, 0.6) is 0 Å². The quantitative estimate of drug-likeness (QED) is 0.400. The lowest BCUT2D eigenvalue weighted by molar-refractivity contribution is -0.135. The normalized spacial score (nSPS) is 11.3. The van der Waals surface area contributed by atoms with E-state index in [1.165, 1.54) is 19.1 Å². The molecule has 0 aliphatic rings. The Balaban J connectivity index is 2.80. The zero-order chi connectivity index (χ0) is 13.7. The fraction of sp³-hybridized carbons (Fsp3) is 0.273. The molecule has 0 bridgehead atoms. The zero-order valence-electron chi connectivity index (χ0n) is 9.76. The highest BCUT2D eigenvalue weighted by atomic mass is 35.5. The summed E-state index contributed by atoms with van der Waals surface area (Å²) in [7, 11) is 0. The summed E-state index contributed by atoms with van der Waals surface area (Å²) >= 11 is 11.2. The average molecular weight is 293 g/mol. The van der Waals surface area contributed by atoms with Gasteiger partial charge in [0.2, 0.25) is 0 Å². The standard InChI is InChI=1S/C11H11Cl2FN2O2/c1-3-18-11(17)6(2)15-16-7-4-8(12)10(14)9(13)5-7/h4-5,16H,3H2,1-2H3/b15-6-. The first-order valence-electron chi connectivity index (χ1n) is 5.07. The summed E-state index contributed by atoms with van der Waals surface area (Å²) in [6, 6.07) is 2.62. The Bertz CT molecular complexity index is 469. The van der Waals surface area contributed by atoms with Gasteiger partial charge in [0.1, 0.15) is 5.71 Å². The second kappa shape index (κ2) is 6.56. The minimum absolute atomic E-state index is 0.131. The van der Waals surface area contributed by atoms with Gasteiger partial charge in [-0.2, -0.15) is 5.10 Å². The van der Waals surface area contributed by atoms with Crippen LogP contribution in [0.4, 0.5) is 10.1 Å². The van der Waals surface area contributed by atoms with E-state index >= 15 is 0 Å². The molecule has 0 aliphatic heterocycles. The number of nitrogens with zero attached hydrogens (tertiary/aromatic N) is 1. The van der Waals surface area contributed by atoms with Gasteiger partial charge in [-0.1, -0.05) is 23.2 Å². The topological polar surface area (TPSA) is 50.7 Å². The maximum absolute atomic E-state index is 13.1. The number of benzene rings is 1. The van der Waals surface area contributed by atoms with E-state index in [2.05, 4.69) is 10.5 Å². The summed E-state index contributed by atoms with van der Waals surface area (Å²) in [5.74, 6) is -1.24. The molecule has 0 heterocycles. The number of anilines is 1. The molecule has 7 heteroatoms. The van der Waals surface area contributed by atoms with E-state index in [-0.39, 0.29) is 22.4 Å². The molecule has 0 amide bonds. The number of carbonyl (C=O) groups is 1. The van der Waals surface area contributed by atoms with Gasteiger partial charge in [0.15, 0.2) is 5.82 Å².